The number of hydrogen-bond donors (Lipinski definition) is 2. The summed E-state index contributed by atoms with van der Waals surface area (Å²) in [6.45, 7) is 0.769. The van der Waals surface area contributed by atoms with Crippen LogP contribution in [0.4, 0.5) is 24.5 Å². The molecule has 0 aliphatic rings. The number of rotatable bonds is 5. The molecular weight excluding hydrogens is 345 g/mol. The molecule has 0 saturated carbocycles. The highest BCUT2D eigenvalue weighted by molar-refractivity contribution is 5.97. The Kier molecular flexibility index (Phi) is 4.88. The van der Waals surface area contributed by atoms with Crippen molar-refractivity contribution in [3.63, 3.8) is 0 Å². The van der Waals surface area contributed by atoms with Crippen LogP contribution in [0, 0.1) is 6.92 Å². The summed E-state index contributed by atoms with van der Waals surface area (Å²) in [7, 11) is 0. The van der Waals surface area contributed by atoms with Crippen molar-refractivity contribution in [2.24, 2.45) is 0 Å². The summed E-state index contributed by atoms with van der Waals surface area (Å²) in [5, 5.41) is 5.79. The molecule has 0 spiro atoms. The highest BCUT2D eigenvalue weighted by Gasteiger charge is 2.27. The molecule has 3 rings (SSSR count). The molecule has 1 aromatic heterocycles. The second-order valence-corrected chi connectivity index (χ2v) is 6.00. The zero-order valence-electron chi connectivity index (χ0n) is 14.0. The lowest BCUT2D eigenvalue weighted by atomic mass is 10.1. The average Bonchev–Trinajstić information content (AvgIpc) is 2.95. The van der Waals surface area contributed by atoms with Gasteiger partial charge in [0.1, 0.15) is 12.1 Å². The number of amides is 1. The van der Waals surface area contributed by atoms with Gasteiger partial charge in [-0.2, -0.15) is 13.2 Å². The van der Waals surface area contributed by atoms with Crippen molar-refractivity contribution in [1.29, 1.82) is 0 Å². The Balaban J connectivity index is 1.72. The number of aryl methyl sites for hydroxylation is 1. The molecule has 0 aliphatic heterocycles. The number of fused-ring (bicyclic) bond motifs is 1. The quantitative estimate of drug-likeness (QED) is 0.679. The fraction of sp³-hybridized carbons (Fsp3) is 0.211. The van der Waals surface area contributed by atoms with Crippen molar-refractivity contribution in [2.75, 3.05) is 17.2 Å². The molecule has 136 valence electrons. The van der Waals surface area contributed by atoms with Gasteiger partial charge in [0.05, 0.1) is 24.1 Å². The van der Waals surface area contributed by atoms with Crippen LogP contribution in [0.15, 0.2) is 53.1 Å². The normalized spacial score (nSPS) is 11.5. The summed E-state index contributed by atoms with van der Waals surface area (Å²) in [6.07, 6.45) is -2.76. The Morgan fingerprint density at radius 2 is 1.85 bits per heavy atom. The summed E-state index contributed by atoms with van der Waals surface area (Å²) in [6, 6.07) is 12.0. The standard InChI is InChI=1S/C19H17F3N2O2/c1-12-6-7-14-13(10-26-17(14)8-12)9-18(25)24-16-5-3-2-4-15(16)23-11-19(20,21)22/h2-8,10,23H,9,11H2,1H3,(H,24,25). The maximum Gasteiger partial charge on any atom is 0.405 e. The minimum Gasteiger partial charge on any atom is -0.464 e. The number of anilines is 2. The van der Waals surface area contributed by atoms with E-state index in [0.717, 1.165) is 16.5 Å². The van der Waals surface area contributed by atoms with Gasteiger partial charge in [0, 0.05) is 10.9 Å². The Bertz CT molecular complexity index is 932. The summed E-state index contributed by atoms with van der Waals surface area (Å²) >= 11 is 0. The monoisotopic (exact) mass is 362 g/mol. The highest BCUT2D eigenvalue weighted by Crippen LogP contribution is 2.25. The van der Waals surface area contributed by atoms with Crippen LogP contribution in [0.25, 0.3) is 11.0 Å². The number of carbonyl (C=O) groups excluding carboxylic acids is 1. The molecule has 0 bridgehead atoms. The predicted octanol–water partition coefficient (Wildman–Crippen LogP) is 4.90. The minimum atomic E-state index is -4.34. The molecule has 1 amide bonds. The van der Waals surface area contributed by atoms with Gasteiger partial charge < -0.3 is 15.1 Å². The van der Waals surface area contributed by atoms with Gasteiger partial charge in [0.2, 0.25) is 5.91 Å². The molecule has 26 heavy (non-hydrogen) atoms. The fourth-order valence-corrected chi connectivity index (χ4v) is 2.64. The third-order valence-electron chi connectivity index (χ3n) is 3.84. The van der Waals surface area contributed by atoms with Crippen molar-refractivity contribution >= 4 is 28.3 Å². The number of hydrogen-bond acceptors (Lipinski definition) is 3. The van der Waals surface area contributed by atoms with E-state index in [0.29, 0.717) is 11.3 Å². The van der Waals surface area contributed by atoms with Gasteiger partial charge in [-0.25, -0.2) is 0 Å². The van der Waals surface area contributed by atoms with Crippen LogP contribution < -0.4 is 10.6 Å². The Hall–Kier alpha value is -2.96. The van der Waals surface area contributed by atoms with Crippen LogP contribution in [0.5, 0.6) is 0 Å². The first-order chi connectivity index (χ1) is 12.3. The highest BCUT2D eigenvalue weighted by atomic mass is 19.4. The topological polar surface area (TPSA) is 54.3 Å². The molecule has 0 saturated heterocycles. The number of furan rings is 1. The zero-order chi connectivity index (χ0) is 18.7. The lowest BCUT2D eigenvalue weighted by Crippen LogP contribution is -2.22. The van der Waals surface area contributed by atoms with E-state index in [4.69, 9.17) is 4.42 Å². The first-order valence-corrected chi connectivity index (χ1v) is 7.98. The summed E-state index contributed by atoms with van der Waals surface area (Å²) < 4.78 is 42.7. The van der Waals surface area contributed by atoms with Crippen LogP contribution in [-0.2, 0) is 11.2 Å². The van der Waals surface area contributed by atoms with E-state index in [1.807, 2.05) is 25.1 Å². The Morgan fingerprint density at radius 3 is 2.58 bits per heavy atom. The van der Waals surface area contributed by atoms with Gasteiger partial charge in [-0.1, -0.05) is 24.3 Å². The van der Waals surface area contributed by atoms with Crippen molar-refractivity contribution in [2.45, 2.75) is 19.5 Å². The van der Waals surface area contributed by atoms with Gasteiger partial charge in [-0.15, -0.1) is 0 Å². The lowest BCUT2D eigenvalue weighted by Gasteiger charge is -2.14. The van der Waals surface area contributed by atoms with E-state index in [1.165, 1.54) is 12.3 Å². The minimum absolute atomic E-state index is 0.0592. The van der Waals surface area contributed by atoms with Crippen molar-refractivity contribution in [3.05, 3.63) is 59.9 Å². The summed E-state index contributed by atoms with van der Waals surface area (Å²) in [5.41, 5.74) is 2.97. The van der Waals surface area contributed by atoms with E-state index >= 15 is 0 Å². The average molecular weight is 362 g/mol. The number of para-hydroxylation sites is 2. The number of nitrogens with one attached hydrogen (secondary N) is 2. The van der Waals surface area contributed by atoms with E-state index in [1.54, 1.807) is 18.2 Å². The molecule has 3 aromatic rings. The van der Waals surface area contributed by atoms with Crippen molar-refractivity contribution < 1.29 is 22.4 Å². The van der Waals surface area contributed by atoms with Crippen molar-refractivity contribution in [3.8, 4) is 0 Å². The molecule has 0 unspecified atom stereocenters. The second-order valence-electron chi connectivity index (χ2n) is 6.00. The van der Waals surface area contributed by atoms with E-state index in [9.17, 15) is 18.0 Å². The molecule has 2 N–H and O–H groups in total. The predicted molar refractivity (Wildman–Crippen MR) is 94.3 cm³/mol. The third-order valence-corrected chi connectivity index (χ3v) is 3.84. The van der Waals surface area contributed by atoms with Gasteiger partial charge in [-0.3, -0.25) is 4.79 Å². The zero-order valence-corrected chi connectivity index (χ0v) is 14.0. The van der Waals surface area contributed by atoms with Gasteiger partial charge in [0.25, 0.3) is 0 Å². The lowest BCUT2D eigenvalue weighted by molar-refractivity contribution is -0.116. The second kappa shape index (κ2) is 7.11. The molecule has 1 heterocycles. The van der Waals surface area contributed by atoms with Crippen LogP contribution in [0.3, 0.4) is 0 Å². The number of benzene rings is 2. The van der Waals surface area contributed by atoms with Crippen molar-refractivity contribution in [1.82, 2.24) is 0 Å². The molecule has 0 aliphatic carbocycles. The molecule has 0 atom stereocenters. The molecular formula is C19H17F3N2O2. The summed E-state index contributed by atoms with van der Waals surface area (Å²) in [5.74, 6) is -0.338. The molecule has 0 fully saturated rings. The number of alkyl halides is 3. The van der Waals surface area contributed by atoms with E-state index in [-0.39, 0.29) is 18.0 Å². The van der Waals surface area contributed by atoms with E-state index in [2.05, 4.69) is 10.6 Å². The molecule has 7 heteroatoms. The number of carbonyl (C=O) groups is 1. The molecule has 0 radical (unpaired) electrons. The SMILES string of the molecule is Cc1ccc2c(CC(=O)Nc3ccccc3NCC(F)(F)F)coc2c1. The third kappa shape index (κ3) is 4.36. The first-order valence-electron chi connectivity index (χ1n) is 7.98. The van der Waals surface area contributed by atoms with Gasteiger partial charge >= 0.3 is 6.18 Å². The van der Waals surface area contributed by atoms with Crippen LogP contribution >= 0.6 is 0 Å². The molecule has 4 nitrogen and oxygen atoms in total. The summed E-state index contributed by atoms with van der Waals surface area (Å²) in [4.78, 5) is 12.3. The van der Waals surface area contributed by atoms with E-state index < -0.39 is 12.7 Å². The number of halogens is 3. The fourth-order valence-electron chi connectivity index (χ4n) is 2.64. The van der Waals surface area contributed by atoms with Crippen LogP contribution in [0.2, 0.25) is 0 Å². The van der Waals surface area contributed by atoms with Crippen LogP contribution in [-0.4, -0.2) is 18.6 Å². The van der Waals surface area contributed by atoms with Gasteiger partial charge in [0.15, 0.2) is 0 Å². The first kappa shape index (κ1) is 17.8. The largest absolute Gasteiger partial charge is 0.464 e. The van der Waals surface area contributed by atoms with Gasteiger partial charge in [-0.05, 0) is 30.7 Å². The Labute approximate surface area is 148 Å². The maximum absolute atomic E-state index is 12.4. The Morgan fingerprint density at radius 1 is 1.12 bits per heavy atom. The maximum atomic E-state index is 12.4. The smallest absolute Gasteiger partial charge is 0.405 e. The van der Waals surface area contributed by atoms with Crippen LogP contribution in [0.1, 0.15) is 11.1 Å². The molecule has 2 aromatic carbocycles.